The molecule has 11 nitrogen and oxygen atoms in total. The lowest BCUT2D eigenvalue weighted by Crippen LogP contribution is -2.37. The second-order valence-electron chi connectivity index (χ2n) is 8.41. The summed E-state index contributed by atoms with van der Waals surface area (Å²) in [6.07, 6.45) is 2.21. The van der Waals surface area contributed by atoms with Gasteiger partial charge in [-0.2, -0.15) is 8.42 Å². The number of furan rings is 1. The Balaban J connectivity index is 1.30. The van der Waals surface area contributed by atoms with Crippen molar-refractivity contribution in [3.8, 4) is 0 Å². The first-order valence-corrected chi connectivity index (χ1v) is 13.1. The number of hydrogen-bond acceptors (Lipinski definition) is 9. The van der Waals surface area contributed by atoms with E-state index in [9.17, 15) is 22.8 Å². The molecule has 36 heavy (non-hydrogen) atoms. The molecule has 1 aliphatic rings. The average Bonchev–Trinajstić information content (AvgIpc) is 3.50. The third kappa shape index (κ3) is 6.05. The van der Waals surface area contributed by atoms with Gasteiger partial charge in [0.1, 0.15) is 5.52 Å². The van der Waals surface area contributed by atoms with E-state index in [1.807, 2.05) is 0 Å². The number of benzene rings is 1. The molecule has 0 atom stereocenters. The minimum Gasteiger partial charge on any atom is -0.469 e. The highest BCUT2D eigenvalue weighted by atomic mass is 35.5. The molecule has 1 fully saturated rings. The van der Waals surface area contributed by atoms with Crippen LogP contribution in [0, 0.1) is 0 Å². The number of nitrogens with zero attached hydrogens (tertiary/aromatic N) is 1. The normalized spacial score (nSPS) is 18.1. The van der Waals surface area contributed by atoms with E-state index in [0.29, 0.717) is 34.9 Å². The van der Waals surface area contributed by atoms with Gasteiger partial charge in [-0.1, -0.05) is 11.6 Å². The van der Waals surface area contributed by atoms with E-state index in [-0.39, 0.29) is 30.6 Å². The molecule has 2 heterocycles. The van der Waals surface area contributed by atoms with Crippen LogP contribution in [0.2, 0.25) is 5.02 Å². The number of carbonyl (C=O) groups is 3. The molecule has 4 rings (SSSR count). The fourth-order valence-corrected chi connectivity index (χ4v) is 5.11. The van der Waals surface area contributed by atoms with Gasteiger partial charge in [0, 0.05) is 23.4 Å². The number of fused-ring (bicyclic) bond motifs is 1. The van der Waals surface area contributed by atoms with Crippen molar-refractivity contribution in [2.45, 2.75) is 55.6 Å². The SMILES string of the molecule is COC(=O)CCC(=O)NS(=O)(=O)c1ccc(C(=O)N[C@H]2CC[C@@H](c3nc4cc(Cl)ccc4o3)CC2)o1. The first-order valence-electron chi connectivity index (χ1n) is 11.2. The molecule has 1 aromatic carbocycles. The summed E-state index contributed by atoms with van der Waals surface area (Å²) < 4.78 is 41.9. The van der Waals surface area contributed by atoms with Crippen molar-refractivity contribution in [2.24, 2.45) is 0 Å². The summed E-state index contributed by atoms with van der Waals surface area (Å²) in [5.41, 5.74) is 1.38. The van der Waals surface area contributed by atoms with E-state index < -0.39 is 32.9 Å². The number of methoxy groups -OCH3 is 1. The van der Waals surface area contributed by atoms with Gasteiger partial charge in [-0.3, -0.25) is 14.4 Å². The van der Waals surface area contributed by atoms with Crippen molar-refractivity contribution in [3.63, 3.8) is 0 Å². The average molecular weight is 538 g/mol. The summed E-state index contributed by atoms with van der Waals surface area (Å²) in [7, 11) is -3.18. The molecule has 2 N–H and O–H groups in total. The highest BCUT2D eigenvalue weighted by Crippen LogP contribution is 2.34. The zero-order chi connectivity index (χ0) is 25.9. The molecule has 2 aromatic heterocycles. The molecule has 0 saturated heterocycles. The van der Waals surface area contributed by atoms with Gasteiger partial charge in [-0.25, -0.2) is 9.71 Å². The Kier molecular flexibility index (Phi) is 7.65. The van der Waals surface area contributed by atoms with Gasteiger partial charge in [-0.05, 0) is 56.0 Å². The molecular weight excluding hydrogens is 514 g/mol. The van der Waals surface area contributed by atoms with Crippen LogP contribution in [0.5, 0.6) is 0 Å². The molecule has 0 aliphatic heterocycles. The lowest BCUT2D eigenvalue weighted by molar-refractivity contribution is -0.142. The summed E-state index contributed by atoms with van der Waals surface area (Å²) in [6.45, 7) is 0. The number of esters is 1. The van der Waals surface area contributed by atoms with Crippen molar-refractivity contribution < 1.29 is 36.4 Å². The smallest absolute Gasteiger partial charge is 0.306 e. The van der Waals surface area contributed by atoms with Crippen LogP contribution in [-0.4, -0.2) is 44.3 Å². The number of amides is 2. The van der Waals surface area contributed by atoms with Crippen LogP contribution in [0.1, 0.15) is 60.9 Å². The molecular formula is C23H24ClN3O8S. The highest BCUT2D eigenvalue weighted by molar-refractivity contribution is 7.89. The molecule has 192 valence electrons. The van der Waals surface area contributed by atoms with Crippen LogP contribution >= 0.6 is 11.6 Å². The Labute approximate surface area is 211 Å². The molecule has 0 radical (unpaired) electrons. The summed E-state index contributed by atoms with van der Waals surface area (Å²) in [5.74, 6) is -1.54. The molecule has 1 aliphatic carbocycles. The number of ether oxygens (including phenoxy) is 1. The monoisotopic (exact) mass is 537 g/mol. The van der Waals surface area contributed by atoms with E-state index in [0.717, 1.165) is 26.0 Å². The molecule has 2 amide bonds. The Bertz CT molecular complexity index is 1390. The molecule has 13 heteroatoms. The van der Waals surface area contributed by atoms with Gasteiger partial charge < -0.3 is 18.9 Å². The van der Waals surface area contributed by atoms with Crippen LogP contribution in [0.15, 0.2) is 44.3 Å². The summed E-state index contributed by atoms with van der Waals surface area (Å²) in [5, 5.41) is 2.85. The van der Waals surface area contributed by atoms with Crippen molar-refractivity contribution in [2.75, 3.05) is 7.11 Å². The maximum absolute atomic E-state index is 12.6. The minimum atomic E-state index is -4.34. The van der Waals surface area contributed by atoms with Gasteiger partial charge in [0.05, 0.1) is 13.5 Å². The fourth-order valence-electron chi connectivity index (χ4n) is 3.99. The predicted octanol–water partition coefficient (Wildman–Crippen LogP) is 3.29. The van der Waals surface area contributed by atoms with Gasteiger partial charge in [-0.15, -0.1) is 0 Å². The Morgan fingerprint density at radius 1 is 1.08 bits per heavy atom. The first-order chi connectivity index (χ1) is 17.1. The van der Waals surface area contributed by atoms with Gasteiger partial charge in [0.2, 0.25) is 11.0 Å². The summed E-state index contributed by atoms with van der Waals surface area (Å²) in [6, 6.07) is 7.46. The summed E-state index contributed by atoms with van der Waals surface area (Å²) in [4.78, 5) is 40.1. The second kappa shape index (κ2) is 10.7. The number of hydrogen-bond donors (Lipinski definition) is 2. The van der Waals surface area contributed by atoms with Gasteiger partial charge in [0.25, 0.3) is 15.9 Å². The van der Waals surface area contributed by atoms with Crippen molar-refractivity contribution in [1.82, 2.24) is 15.0 Å². The molecule has 3 aromatic rings. The number of aromatic nitrogens is 1. The van der Waals surface area contributed by atoms with E-state index in [4.69, 9.17) is 20.4 Å². The van der Waals surface area contributed by atoms with Crippen LogP contribution in [0.4, 0.5) is 0 Å². The van der Waals surface area contributed by atoms with Crippen LogP contribution in [0.3, 0.4) is 0 Å². The number of sulfonamides is 1. The molecule has 0 spiro atoms. The topological polar surface area (TPSA) is 158 Å². The van der Waals surface area contributed by atoms with Crippen molar-refractivity contribution in [3.05, 3.63) is 47.0 Å². The molecule has 1 saturated carbocycles. The van der Waals surface area contributed by atoms with E-state index in [2.05, 4.69) is 15.0 Å². The number of nitrogens with one attached hydrogen (secondary N) is 2. The fraction of sp³-hybridized carbons (Fsp3) is 0.391. The Morgan fingerprint density at radius 3 is 2.56 bits per heavy atom. The van der Waals surface area contributed by atoms with Crippen molar-refractivity contribution in [1.29, 1.82) is 0 Å². The van der Waals surface area contributed by atoms with Gasteiger partial charge in [0.15, 0.2) is 17.2 Å². The Morgan fingerprint density at radius 2 is 1.83 bits per heavy atom. The molecule has 0 unspecified atom stereocenters. The number of halogens is 1. The quantitative estimate of drug-likeness (QED) is 0.411. The first kappa shape index (κ1) is 25.7. The lowest BCUT2D eigenvalue weighted by atomic mass is 9.86. The van der Waals surface area contributed by atoms with Crippen LogP contribution in [-0.2, 0) is 24.3 Å². The maximum atomic E-state index is 12.6. The minimum absolute atomic E-state index is 0.118. The van der Waals surface area contributed by atoms with Crippen molar-refractivity contribution >= 4 is 50.5 Å². The zero-order valence-corrected chi connectivity index (χ0v) is 20.9. The maximum Gasteiger partial charge on any atom is 0.306 e. The summed E-state index contributed by atoms with van der Waals surface area (Å²) >= 11 is 6.01. The van der Waals surface area contributed by atoms with E-state index in [1.54, 1.807) is 22.9 Å². The third-order valence-electron chi connectivity index (χ3n) is 5.88. The third-order valence-corrected chi connectivity index (χ3v) is 7.36. The van der Waals surface area contributed by atoms with Gasteiger partial charge >= 0.3 is 5.97 Å². The molecule has 0 bridgehead atoms. The predicted molar refractivity (Wildman–Crippen MR) is 127 cm³/mol. The van der Waals surface area contributed by atoms with Crippen LogP contribution in [0.25, 0.3) is 11.1 Å². The lowest BCUT2D eigenvalue weighted by Gasteiger charge is -2.27. The number of oxazole rings is 1. The standard InChI is InChI=1S/C23H24ClN3O8S/c1-33-20(29)10-9-19(28)27-36(31,32)21-11-8-18(34-21)22(30)25-15-5-2-13(3-6-15)23-26-16-12-14(24)4-7-17(16)35-23/h4,7-8,11-13,15H,2-3,5-6,9-10H2,1H3,(H,25,30)(H,27,28)/t13-,15+. The van der Waals surface area contributed by atoms with E-state index >= 15 is 0 Å². The zero-order valence-electron chi connectivity index (χ0n) is 19.3. The highest BCUT2D eigenvalue weighted by Gasteiger charge is 2.29. The number of carbonyl (C=O) groups excluding carboxylic acids is 3. The largest absolute Gasteiger partial charge is 0.469 e. The van der Waals surface area contributed by atoms with E-state index in [1.165, 1.54) is 6.07 Å². The Hall–Kier alpha value is -3.38. The second-order valence-corrected chi connectivity index (χ2v) is 10.5. The van der Waals surface area contributed by atoms with Crippen LogP contribution < -0.4 is 10.0 Å². The number of rotatable bonds is 8.